The second kappa shape index (κ2) is 8.08. The molecule has 2 aromatic rings. The Morgan fingerprint density at radius 2 is 2.04 bits per heavy atom. The maximum Gasteiger partial charge on any atom is 0.335 e. The molecule has 146 valence electrons. The van der Waals surface area contributed by atoms with Crippen LogP contribution in [0.15, 0.2) is 36.5 Å². The van der Waals surface area contributed by atoms with Gasteiger partial charge in [-0.2, -0.15) is 0 Å². The molecule has 1 aliphatic rings. The van der Waals surface area contributed by atoms with Gasteiger partial charge in [0.1, 0.15) is 17.5 Å². The van der Waals surface area contributed by atoms with Gasteiger partial charge in [-0.1, -0.05) is 6.07 Å². The number of carboxylic acid groups (broad SMARTS) is 1. The van der Waals surface area contributed by atoms with Crippen LogP contribution in [0, 0.1) is 6.92 Å². The first-order valence-corrected chi connectivity index (χ1v) is 8.86. The van der Waals surface area contributed by atoms with Crippen LogP contribution in [0.1, 0.15) is 39.3 Å². The topological polar surface area (TPSA) is 109 Å². The molecular weight excluding hydrogens is 362 g/mol. The lowest BCUT2D eigenvalue weighted by atomic mass is 10.1. The van der Waals surface area contributed by atoms with Crippen molar-refractivity contribution < 1.29 is 24.2 Å². The Kier molecular flexibility index (Phi) is 5.58. The minimum Gasteiger partial charge on any atom is -0.495 e. The van der Waals surface area contributed by atoms with Crippen LogP contribution in [0.3, 0.4) is 0 Å². The highest BCUT2D eigenvalue weighted by Gasteiger charge is 2.35. The Hall–Kier alpha value is -3.42. The van der Waals surface area contributed by atoms with E-state index in [1.54, 1.807) is 12.1 Å². The monoisotopic (exact) mass is 383 g/mol. The van der Waals surface area contributed by atoms with Gasteiger partial charge in [0, 0.05) is 12.7 Å². The van der Waals surface area contributed by atoms with E-state index in [4.69, 9.17) is 9.84 Å². The summed E-state index contributed by atoms with van der Waals surface area (Å²) < 4.78 is 5.28. The zero-order valence-corrected chi connectivity index (χ0v) is 15.6. The molecule has 1 aromatic carbocycles. The summed E-state index contributed by atoms with van der Waals surface area (Å²) in [6.07, 6.45) is 2.47. The molecule has 1 aromatic heterocycles. The summed E-state index contributed by atoms with van der Waals surface area (Å²) in [5.41, 5.74) is 1.48. The van der Waals surface area contributed by atoms with Gasteiger partial charge in [0.25, 0.3) is 5.91 Å². The maximum atomic E-state index is 12.8. The predicted molar refractivity (Wildman–Crippen MR) is 102 cm³/mol. The van der Waals surface area contributed by atoms with Gasteiger partial charge in [-0.05, 0) is 49.6 Å². The van der Waals surface area contributed by atoms with E-state index in [1.807, 2.05) is 13.0 Å². The number of hydrogen-bond acceptors (Lipinski definition) is 5. The first-order valence-electron chi connectivity index (χ1n) is 8.86. The molecule has 2 N–H and O–H groups in total. The number of carbonyl (C=O) groups is 3. The quantitative estimate of drug-likeness (QED) is 0.820. The third-order valence-corrected chi connectivity index (χ3v) is 4.66. The Labute approximate surface area is 162 Å². The van der Waals surface area contributed by atoms with Crippen LogP contribution in [0.4, 0.5) is 5.69 Å². The van der Waals surface area contributed by atoms with E-state index < -0.39 is 17.9 Å². The number of benzene rings is 1. The van der Waals surface area contributed by atoms with Crippen LogP contribution >= 0.6 is 0 Å². The first kappa shape index (κ1) is 19.3. The lowest BCUT2D eigenvalue weighted by Gasteiger charge is -2.24. The van der Waals surface area contributed by atoms with E-state index in [2.05, 4.69) is 10.3 Å². The summed E-state index contributed by atoms with van der Waals surface area (Å²) in [5.74, 6) is -1.38. The summed E-state index contributed by atoms with van der Waals surface area (Å²) in [4.78, 5) is 42.2. The molecule has 1 saturated heterocycles. The highest BCUT2D eigenvalue weighted by Crippen LogP contribution is 2.27. The molecule has 3 rings (SSSR count). The van der Waals surface area contributed by atoms with Gasteiger partial charge in [0.15, 0.2) is 0 Å². The number of methoxy groups -OCH3 is 1. The average Bonchev–Trinajstić information content (AvgIpc) is 3.17. The van der Waals surface area contributed by atoms with Gasteiger partial charge in [-0.15, -0.1) is 0 Å². The van der Waals surface area contributed by atoms with Crippen LogP contribution < -0.4 is 10.1 Å². The zero-order chi connectivity index (χ0) is 20.3. The van der Waals surface area contributed by atoms with Crippen LogP contribution in [0.25, 0.3) is 0 Å². The van der Waals surface area contributed by atoms with Crippen LogP contribution in [0.5, 0.6) is 5.75 Å². The number of amides is 2. The fraction of sp³-hybridized carbons (Fsp3) is 0.300. The van der Waals surface area contributed by atoms with Gasteiger partial charge < -0.3 is 20.1 Å². The number of rotatable bonds is 5. The summed E-state index contributed by atoms with van der Waals surface area (Å²) in [5, 5.41) is 11.9. The van der Waals surface area contributed by atoms with Gasteiger partial charge in [-0.25, -0.2) is 4.79 Å². The van der Waals surface area contributed by atoms with Crippen LogP contribution in [0.2, 0.25) is 0 Å². The van der Waals surface area contributed by atoms with Crippen molar-refractivity contribution in [2.45, 2.75) is 25.8 Å². The molecule has 0 spiro atoms. The number of carboxylic acids is 1. The summed E-state index contributed by atoms with van der Waals surface area (Å²) in [7, 11) is 1.52. The lowest BCUT2D eigenvalue weighted by molar-refractivity contribution is -0.119. The second-order valence-electron chi connectivity index (χ2n) is 6.58. The number of nitrogens with zero attached hydrogens (tertiary/aromatic N) is 2. The number of ether oxygens (including phenoxy) is 1. The number of aromatic carboxylic acids is 1. The number of aromatic nitrogens is 1. The predicted octanol–water partition coefficient (Wildman–Crippen LogP) is 2.34. The van der Waals surface area contributed by atoms with Crippen LogP contribution in [-0.4, -0.2) is 52.5 Å². The Morgan fingerprint density at radius 1 is 1.25 bits per heavy atom. The minimum absolute atomic E-state index is 0.00716. The molecule has 2 amide bonds. The minimum atomic E-state index is -1.14. The number of anilines is 1. The van der Waals surface area contributed by atoms with Crippen molar-refractivity contribution in [3.63, 3.8) is 0 Å². The van der Waals surface area contributed by atoms with Crippen molar-refractivity contribution in [2.24, 2.45) is 0 Å². The van der Waals surface area contributed by atoms with Gasteiger partial charge in [0.05, 0.1) is 18.4 Å². The van der Waals surface area contributed by atoms with E-state index in [1.165, 1.54) is 30.3 Å². The number of hydrogen-bond donors (Lipinski definition) is 2. The average molecular weight is 383 g/mol. The van der Waals surface area contributed by atoms with Gasteiger partial charge in [-0.3, -0.25) is 14.6 Å². The fourth-order valence-electron chi connectivity index (χ4n) is 3.25. The molecule has 0 saturated carbocycles. The fourth-order valence-corrected chi connectivity index (χ4v) is 3.25. The molecule has 8 heteroatoms. The zero-order valence-electron chi connectivity index (χ0n) is 15.6. The highest BCUT2D eigenvalue weighted by atomic mass is 16.5. The van der Waals surface area contributed by atoms with E-state index in [-0.39, 0.29) is 17.2 Å². The van der Waals surface area contributed by atoms with Crippen molar-refractivity contribution in [1.82, 2.24) is 9.88 Å². The molecule has 1 atom stereocenters. The van der Waals surface area contributed by atoms with Crippen molar-refractivity contribution >= 4 is 23.5 Å². The van der Waals surface area contributed by atoms with Crippen molar-refractivity contribution in [3.8, 4) is 5.75 Å². The van der Waals surface area contributed by atoms with Crippen molar-refractivity contribution in [1.29, 1.82) is 0 Å². The number of nitrogens with one attached hydrogen (secondary N) is 1. The SMILES string of the molecule is COc1ccc(C)cc1NC(=O)C1CCCN1C(=O)c1cc(C(=O)O)ccn1. The lowest BCUT2D eigenvalue weighted by Crippen LogP contribution is -2.43. The van der Waals surface area contributed by atoms with E-state index in [0.29, 0.717) is 30.8 Å². The Morgan fingerprint density at radius 3 is 2.75 bits per heavy atom. The normalized spacial score (nSPS) is 15.9. The molecule has 1 aliphatic heterocycles. The third-order valence-electron chi connectivity index (χ3n) is 4.66. The van der Waals surface area contributed by atoms with Gasteiger partial charge in [0.2, 0.25) is 5.91 Å². The molecule has 28 heavy (non-hydrogen) atoms. The third kappa shape index (κ3) is 3.95. The van der Waals surface area contributed by atoms with Gasteiger partial charge >= 0.3 is 5.97 Å². The molecule has 2 heterocycles. The first-order chi connectivity index (χ1) is 13.4. The number of carbonyl (C=O) groups excluding carboxylic acids is 2. The summed E-state index contributed by atoms with van der Waals surface area (Å²) in [6, 6.07) is 7.33. The Balaban J connectivity index is 1.80. The molecule has 0 radical (unpaired) electrons. The molecule has 1 unspecified atom stereocenters. The molecule has 1 fully saturated rings. The largest absolute Gasteiger partial charge is 0.495 e. The highest BCUT2D eigenvalue weighted by molar-refractivity contribution is 6.02. The Bertz CT molecular complexity index is 928. The van der Waals surface area contributed by atoms with E-state index in [0.717, 1.165) is 5.56 Å². The number of pyridine rings is 1. The van der Waals surface area contributed by atoms with E-state index in [9.17, 15) is 14.4 Å². The molecule has 8 nitrogen and oxygen atoms in total. The molecule has 0 aliphatic carbocycles. The van der Waals surface area contributed by atoms with Crippen molar-refractivity contribution in [2.75, 3.05) is 19.0 Å². The number of likely N-dealkylation sites (tertiary alicyclic amines) is 1. The molecule has 0 bridgehead atoms. The summed E-state index contributed by atoms with van der Waals surface area (Å²) >= 11 is 0. The standard InChI is InChI=1S/C20H21N3O5/c1-12-5-6-17(28-2)14(10-12)22-18(24)16-4-3-9-23(16)19(25)15-11-13(20(26)27)7-8-21-15/h5-8,10-11,16H,3-4,9H2,1-2H3,(H,22,24)(H,26,27). The smallest absolute Gasteiger partial charge is 0.335 e. The van der Waals surface area contributed by atoms with E-state index >= 15 is 0 Å². The van der Waals surface area contributed by atoms with Crippen LogP contribution in [-0.2, 0) is 4.79 Å². The maximum absolute atomic E-state index is 12.8. The summed E-state index contributed by atoms with van der Waals surface area (Å²) in [6.45, 7) is 2.31. The van der Waals surface area contributed by atoms with Crippen molar-refractivity contribution in [3.05, 3.63) is 53.3 Å². The molecular formula is C20H21N3O5. The second-order valence-corrected chi connectivity index (χ2v) is 6.58. The number of aryl methyl sites for hydroxylation is 1.